The third kappa shape index (κ3) is 5.17. The van der Waals surface area contributed by atoms with Gasteiger partial charge in [0.25, 0.3) is 0 Å². The molecule has 0 amide bonds. The highest BCUT2D eigenvalue weighted by Gasteiger charge is 2.65. The van der Waals surface area contributed by atoms with E-state index in [2.05, 4.69) is 27.7 Å². The van der Waals surface area contributed by atoms with E-state index in [-0.39, 0.29) is 41.3 Å². The van der Waals surface area contributed by atoms with Gasteiger partial charge in [0, 0.05) is 18.3 Å². The van der Waals surface area contributed by atoms with Crippen LogP contribution in [0.5, 0.6) is 0 Å². The van der Waals surface area contributed by atoms with Crippen molar-refractivity contribution < 1.29 is 19.4 Å². The molecule has 0 radical (unpaired) electrons. The number of aliphatic hydroxyl groups is 1. The molecule has 0 aliphatic heterocycles. The van der Waals surface area contributed by atoms with Gasteiger partial charge in [0.15, 0.2) is 0 Å². The molecule has 0 spiro atoms. The fraction of sp³-hybridized carbons (Fsp3) is 0.929. The molecule has 0 aromatic heterocycles. The summed E-state index contributed by atoms with van der Waals surface area (Å²) in [7, 11) is 0. The van der Waals surface area contributed by atoms with E-state index >= 15 is 0 Å². The van der Waals surface area contributed by atoms with Crippen molar-refractivity contribution >= 4 is 46.6 Å². The number of hydrogen-bond acceptors (Lipinski definition) is 4. The van der Waals surface area contributed by atoms with Gasteiger partial charge in [-0.1, -0.05) is 62.5 Å². The van der Waals surface area contributed by atoms with Crippen LogP contribution in [0, 0.1) is 52.3 Å². The number of carbonyl (C=O) groups is 2. The van der Waals surface area contributed by atoms with Crippen LogP contribution in [-0.4, -0.2) is 33.4 Å². The van der Waals surface area contributed by atoms with Crippen molar-refractivity contribution in [2.24, 2.45) is 52.3 Å². The van der Waals surface area contributed by atoms with Crippen LogP contribution < -0.4 is 0 Å². The Labute approximate surface area is 226 Å². The normalized spacial score (nSPS) is 44.2. The summed E-state index contributed by atoms with van der Waals surface area (Å²) in [6.07, 6.45) is 8.91. The molecule has 0 heterocycles. The number of esters is 1. The third-order valence-corrected chi connectivity index (χ3v) is 11.4. The van der Waals surface area contributed by atoms with Crippen molar-refractivity contribution in [3.63, 3.8) is 0 Å². The highest BCUT2D eigenvalue weighted by Crippen LogP contribution is 2.68. The Hall–Kier alpha value is -0.0300. The first kappa shape index (κ1) is 28.0. The van der Waals surface area contributed by atoms with Crippen molar-refractivity contribution in [1.29, 1.82) is 0 Å². The number of alkyl halides is 3. The molecule has 35 heavy (non-hydrogen) atoms. The van der Waals surface area contributed by atoms with Crippen molar-refractivity contribution in [2.45, 2.75) is 102 Å². The van der Waals surface area contributed by atoms with E-state index in [1.807, 2.05) is 0 Å². The van der Waals surface area contributed by atoms with Gasteiger partial charge >= 0.3 is 5.97 Å². The van der Waals surface area contributed by atoms with E-state index in [1.54, 1.807) is 0 Å². The molecular formula is C28H43Cl3O4. The molecule has 4 aliphatic carbocycles. The second kappa shape index (κ2) is 10.3. The van der Waals surface area contributed by atoms with Crippen LogP contribution in [0.25, 0.3) is 0 Å². The summed E-state index contributed by atoms with van der Waals surface area (Å²) in [6.45, 7) is 9.06. The number of fused-ring (bicyclic) bond motifs is 5. The topological polar surface area (TPSA) is 63.6 Å². The Morgan fingerprint density at radius 2 is 1.74 bits per heavy atom. The van der Waals surface area contributed by atoms with Crippen LogP contribution in [-0.2, 0) is 14.3 Å². The standard InChI is InChI=1S/C28H43Cl3O4/c1-5-18-22-14-17(32)10-12-27(22,4)21-11-13-26(3)19(7-8-20(26)24(21)25(18)34)16(2)6-9-23(33)35-15-28(29,30)31/h16-22,24,32H,5-15H2,1-4H3/t16-,17-,18-,19-,20+,21+,22+,24+,26-,27-/m1/s1. The zero-order valence-electron chi connectivity index (χ0n) is 21.7. The molecule has 0 aromatic carbocycles. The smallest absolute Gasteiger partial charge is 0.305 e. The number of ether oxygens (including phenoxy) is 1. The summed E-state index contributed by atoms with van der Waals surface area (Å²) >= 11 is 17.1. The van der Waals surface area contributed by atoms with Gasteiger partial charge < -0.3 is 9.84 Å². The van der Waals surface area contributed by atoms with Crippen molar-refractivity contribution in [1.82, 2.24) is 0 Å². The van der Waals surface area contributed by atoms with Crippen molar-refractivity contribution in [2.75, 3.05) is 6.61 Å². The van der Waals surface area contributed by atoms with Crippen LogP contribution in [0.4, 0.5) is 0 Å². The van der Waals surface area contributed by atoms with Gasteiger partial charge in [0.1, 0.15) is 12.4 Å². The molecule has 200 valence electrons. The second-order valence-electron chi connectivity index (χ2n) is 12.7. The minimum atomic E-state index is -1.58. The lowest BCUT2D eigenvalue weighted by Crippen LogP contribution is -2.60. The van der Waals surface area contributed by atoms with E-state index in [4.69, 9.17) is 39.5 Å². The molecule has 10 atom stereocenters. The Morgan fingerprint density at radius 3 is 2.40 bits per heavy atom. The number of rotatable bonds is 6. The Morgan fingerprint density at radius 1 is 1.09 bits per heavy atom. The first-order valence-electron chi connectivity index (χ1n) is 13.8. The average Bonchev–Trinajstić information content (AvgIpc) is 3.14. The summed E-state index contributed by atoms with van der Waals surface area (Å²) in [5, 5.41) is 10.4. The molecule has 4 rings (SSSR count). The second-order valence-corrected chi connectivity index (χ2v) is 15.2. The maximum atomic E-state index is 14.0. The zero-order chi connectivity index (χ0) is 25.8. The van der Waals surface area contributed by atoms with E-state index in [1.165, 1.54) is 0 Å². The first-order chi connectivity index (χ1) is 16.3. The van der Waals surface area contributed by atoms with Gasteiger partial charge in [-0.25, -0.2) is 0 Å². The zero-order valence-corrected chi connectivity index (χ0v) is 24.0. The molecule has 4 saturated carbocycles. The molecule has 0 unspecified atom stereocenters. The maximum Gasteiger partial charge on any atom is 0.305 e. The quantitative estimate of drug-likeness (QED) is 0.282. The van der Waals surface area contributed by atoms with Gasteiger partial charge in [0.05, 0.1) is 6.10 Å². The molecule has 0 bridgehead atoms. The number of halogens is 3. The fourth-order valence-corrected chi connectivity index (χ4v) is 9.56. The molecular weight excluding hydrogens is 507 g/mol. The van der Waals surface area contributed by atoms with Crippen LogP contribution in [0.2, 0.25) is 0 Å². The lowest BCUT2D eigenvalue weighted by molar-refractivity contribution is -0.173. The average molecular weight is 550 g/mol. The Bertz CT molecular complexity index is 813. The number of aliphatic hydroxyl groups excluding tert-OH is 1. The molecule has 0 aromatic rings. The summed E-state index contributed by atoms with van der Waals surface area (Å²) in [5.74, 6) is 2.48. The SMILES string of the molecule is CC[C@H]1C(=O)[C@@H]2[C@H](CC[C@]3(C)[C@@H]([C@H](C)CCC(=O)OCC(Cl)(Cl)Cl)CC[C@@H]23)[C@@]2(C)CC[C@@H](O)C[C@@H]12. The lowest BCUT2D eigenvalue weighted by Gasteiger charge is -2.62. The minimum absolute atomic E-state index is 0.0858. The number of Topliss-reactive ketones (excluding diaryl/α,β-unsaturated/α-hetero) is 1. The van der Waals surface area contributed by atoms with E-state index in [0.717, 1.165) is 57.8 Å². The van der Waals surface area contributed by atoms with Gasteiger partial charge in [-0.2, -0.15) is 0 Å². The Balaban J connectivity index is 1.48. The fourth-order valence-electron chi connectivity index (χ4n) is 9.39. The Kier molecular flexibility index (Phi) is 8.21. The molecule has 1 N–H and O–H groups in total. The van der Waals surface area contributed by atoms with Gasteiger partial charge in [-0.05, 0) is 98.2 Å². The van der Waals surface area contributed by atoms with Crippen LogP contribution >= 0.6 is 34.8 Å². The first-order valence-corrected chi connectivity index (χ1v) is 14.9. The van der Waals surface area contributed by atoms with E-state index in [0.29, 0.717) is 41.8 Å². The summed E-state index contributed by atoms with van der Waals surface area (Å²) < 4.78 is 3.55. The number of carbonyl (C=O) groups excluding carboxylic acids is 2. The monoisotopic (exact) mass is 548 g/mol. The largest absolute Gasteiger partial charge is 0.461 e. The van der Waals surface area contributed by atoms with Gasteiger partial charge in [0.2, 0.25) is 3.79 Å². The van der Waals surface area contributed by atoms with E-state index < -0.39 is 3.79 Å². The van der Waals surface area contributed by atoms with Crippen LogP contribution in [0.15, 0.2) is 0 Å². The number of hydrogen-bond donors (Lipinski definition) is 1. The van der Waals surface area contributed by atoms with Crippen LogP contribution in [0.1, 0.15) is 91.9 Å². The third-order valence-electron chi connectivity index (χ3n) is 11.1. The van der Waals surface area contributed by atoms with Crippen LogP contribution in [0.3, 0.4) is 0 Å². The summed E-state index contributed by atoms with van der Waals surface area (Å²) in [5.41, 5.74) is 0.295. The van der Waals surface area contributed by atoms with Crippen molar-refractivity contribution in [3.05, 3.63) is 0 Å². The molecule has 4 aliphatic rings. The molecule has 0 saturated heterocycles. The lowest BCUT2D eigenvalue weighted by atomic mass is 9.42. The number of ketones is 1. The van der Waals surface area contributed by atoms with E-state index in [9.17, 15) is 14.7 Å². The highest BCUT2D eigenvalue weighted by atomic mass is 35.6. The predicted octanol–water partition coefficient (Wildman–Crippen LogP) is 7.15. The summed E-state index contributed by atoms with van der Waals surface area (Å²) in [6, 6.07) is 0. The van der Waals surface area contributed by atoms with Crippen molar-refractivity contribution in [3.8, 4) is 0 Å². The molecule has 4 fully saturated rings. The minimum Gasteiger partial charge on any atom is -0.461 e. The van der Waals surface area contributed by atoms with Gasteiger partial charge in [-0.3, -0.25) is 9.59 Å². The molecule has 4 nitrogen and oxygen atoms in total. The predicted molar refractivity (Wildman–Crippen MR) is 140 cm³/mol. The van der Waals surface area contributed by atoms with Gasteiger partial charge in [-0.15, -0.1) is 0 Å². The molecule has 7 heteroatoms. The summed E-state index contributed by atoms with van der Waals surface area (Å²) in [4.78, 5) is 26.3. The highest BCUT2D eigenvalue weighted by molar-refractivity contribution is 6.67. The maximum absolute atomic E-state index is 14.0.